The molecule has 1 aromatic rings. The molecule has 0 heterocycles. The number of hydrogen-bond donors (Lipinski definition) is 1. The van der Waals surface area contributed by atoms with Crippen LogP contribution in [0.1, 0.15) is 5.56 Å². The quantitative estimate of drug-likeness (QED) is 0.697. The van der Waals surface area contributed by atoms with E-state index in [-0.39, 0.29) is 10.6 Å². The van der Waals surface area contributed by atoms with Crippen LogP contribution in [0.2, 0.25) is 0 Å². The van der Waals surface area contributed by atoms with E-state index in [0.717, 1.165) is 0 Å². The molecule has 0 atom stereocenters. The summed E-state index contributed by atoms with van der Waals surface area (Å²) in [7, 11) is 0. The van der Waals surface area contributed by atoms with E-state index in [0.29, 0.717) is 5.56 Å². The molecule has 0 aliphatic heterocycles. The summed E-state index contributed by atoms with van der Waals surface area (Å²) in [4.78, 5) is 0.178. The van der Waals surface area contributed by atoms with Crippen molar-refractivity contribution in [3.05, 3.63) is 23.8 Å². The van der Waals surface area contributed by atoms with Crippen molar-refractivity contribution in [2.45, 2.75) is 18.2 Å². The number of halogens is 3. The number of aryl methyl sites for hydroxylation is 1. The molecule has 0 unspecified atom stereocenters. The molecule has 1 aromatic carbocycles. The normalized spacial score (nSPS) is 11.5. The zero-order valence-electron chi connectivity index (χ0n) is 6.72. The lowest BCUT2D eigenvalue weighted by Gasteiger charge is -2.12. The van der Waals surface area contributed by atoms with E-state index >= 15 is 0 Å². The first-order valence-electron chi connectivity index (χ1n) is 3.44. The molecule has 0 saturated heterocycles. The van der Waals surface area contributed by atoms with Crippen LogP contribution in [-0.4, -0.2) is 6.36 Å². The van der Waals surface area contributed by atoms with Gasteiger partial charge in [-0.05, 0) is 18.6 Å². The molecule has 0 N–H and O–H groups in total. The summed E-state index contributed by atoms with van der Waals surface area (Å²) in [6.45, 7) is 1.53. The van der Waals surface area contributed by atoms with Crippen LogP contribution in [0.15, 0.2) is 23.1 Å². The zero-order valence-corrected chi connectivity index (χ0v) is 7.62. The van der Waals surface area contributed by atoms with Crippen molar-refractivity contribution in [1.82, 2.24) is 0 Å². The van der Waals surface area contributed by atoms with Crippen molar-refractivity contribution in [2.75, 3.05) is 0 Å². The third-order valence-electron chi connectivity index (χ3n) is 1.41. The van der Waals surface area contributed by atoms with Crippen LogP contribution < -0.4 is 4.74 Å². The molecule has 72 valence electrons. The van der Waals surface area contributed by atoms with E-state index < -0.39 is 6.36 Å². The zero-order chi connectivity index (χ0) is 10.1. The minimum absolute atomic E-state index is 0.178. The van der Waals surface area contributed by atoms with Crippen LogP contribution in [0.4, 0.5) is 13.2 Å². The minimum atomic E-state index is -4.66. The van der Waals surface area contributed by atoms with Crippen molar-refractivity contribution in [3.8, 4) is 5.75 Å². The Morgan fingerprint density at radius 3 is 2.38 bits per heavy atom. The number of benzene rings is 1. The third-order valence-corrected chi connectivity index (χ3v) is 1.76. The maximum absolute atomic E-state index is 11.8. The molecule has 0 aromatic heterocycles. The van der Waals surface area contributed by atoms with Gasteiger partial charge in [0.1, 0.15) is 5.75 Å². The molecule has 0 saturated carbocycles. The van der Waals surface area contributed by atoms with Crippen LogP contribution in [0.25, 0.3) is 0 Å². The Morgan fingerprint density at radius 2 is 1.92 bits per heavy atom. The van der Waals surface area contributed by atoms with Gasteiger partial charge >= 0.3 is 6.36 Å². The van der Waals surface area contributed by atoms with E-state index in [1.165, 1.54) is 19.1 Å². The fourth-order valence-corrected chi connectivity index (χ4v) is 1.19. The molecule has 0 aliphatic rings. The van der Waals surface area contributed by atoms with Gasteiger partial charge in [0.15, 0.2) is 0 Å². The van der Waals surface area contributed by atoms with E-state index in [9.17, 15) is 13.2 Å². The number of thiol groups is 1. The smallest absolute Gasteiger partial charge is 0.404 e. The fraction of sp³-hybridized carbons (Fsp3) is 0.250. The number of alkyl halides is 3. The summed E-state index contributed by atoms with van der Waals surface area (Å²) in [6.07, 6.45) is -4.66. The molecule has 0 fully saturated rings. The number of hydrogen-bond acceptors (Lipinski definition) is 2. The van der Waals surface area contributed by atoms with Crippen molar-refractivity contribution < 1.29 is 17.9 Å². The number of para-hydroxylation sites is 1. The predicted octanol–water partition coefficient (Wildman–Crippen LogP) is 3.18. The van der Waals surface area contributed by atoms with Gasteiger partial charge in [-0.15, -0.1) is 25.8 Å². The average molecular weight is 208 g/mol. The van der Waals surface area contributed by atoms with Gasteiger partial charge in [0.2, 0.25) is 0 Å². The molecule has 5 heteroatoms. The Morgan fingerprint density at radius 1 is 1.31 bits per heavy atom. The molecule has 0 spiro atoms. The van der Waals surface area contributed by atoms with Crippen LogP contribution >= 0.6 is 12.6 Å². The second kappa shape index (κ2) is 3.49. The average Bonchev–Trinajstić information content (AvgIpc) is 1.95. The Kier molecular flexibility index (Phi) is 2.75. The molecule has 0 bridgehead atoms. The van der Waals surface area contributed by atoms with E-state index in [4.69, 9.17) is 0 Å². The Bertz CT molecular complexity index is 288. The fourth-order valence-electron chi connectivity index (χ4n) is 0.885. The lowest BCUT2D eigenvalue weighted by molar-refractivity contribution is -0.275. The molecule has 0 amide bonds. The summed E-state index contributed by atoms with van der Waals surface area (Å²) < 4.78 is 39.3. The predicted molar refractivity (Wildman–Crippen MR) is 45.1 cm³/mol. The molecule has 1 nitrogen and oxygen atoms in total. The second-order valence-corrected chi connectivity index (χ2v) is 2.95. The van der Waals surface area contributed by atoms with Gasteiger partial charge in [0.05, 0.1) is 0 Å². The van der Waals surface area contributed by atoms with Crippen LogP contribution in [0.3, 0.4) is 0 Å². The molecular weight excluding hydrogens is 201 g/mol. The highest BCUT2D eigenvalue weighted by molar-refractivity contribution is 7.80. The highest BCUT2D eigenvalue weighted by Gasteiger charge is 2.32. The first kappa shape index (κ1) is 10.2. The molecule has 0 aliphatic carbocycles. The van der Waals surface area contributed by atoms with Gasteiger partial charge in [-0.3, -0.25) is 0 Å². The Balaban J connectivity index is 3.00. The van der Waals surface area contributed by atoms with Gasteiger partial charge in [0, 0.05) is 4.90 Å². The van der Waals surface area contributed by atoms with Crippen molar-refractivity contribution >= 4 is 12.6 Å². The Hall–Kier alpha value is -0.840. The van der Waals surface area contributed by atoms with Crippen molar-refractivity contribution in [2.24, 2.45) is 0 Å². The van der Waals surface area contributed by atoms with E-state index in [1.54, 1.807) is 6.07 Å². The van der Waals surface area contributed by atoms with Crippen molar-refractivity contribution in [1.29, 1.82) is 0 Å². The largest absolute Gasteiger partial charge is 0.573 e. The lowest BCUT2D eigenvalue weighted by Crippen LogP contribution is -2.18. The maximum atomic E-state index is 11.8. The summed E-state index contributed by atoms with van der Waals surface area (Å²) in [5, 5.41) is 0. The number of ether oxygens (including phenoxy) is 1. The Labute approximate surface area is 78.9 Å². The van der Waals surface area contributed by atoms with Crippen LogP contribution in [-0.2, 0) is 0 Å². The first-order chi connectivity index (χ1) is 5.90. The van der Waals surface area contributed by atoms with Gasteiger partial charge in [-0.25, -0.2) is 0 Å². The van der Waals surface area contributed by atoms with Gasteiger partial charge < -0.3 is 4.74 Å². The summed E-state index contributed by atoms with van der Waals surface area (Å²) in [5.41, 5.74) is 0.407. The molecular formula is C8H7F3OS. The minimum Gasteiger partial charge on any atom is -0.404 e. The topological polar surface area (TPSA) is 9.23 Å². The van der Waals surface area contributed by atoms with Crippen LogP contribution in [0.5, 0.6) is 5.75 Å². The van der Waals surface area contributed by atoms with Crippen LogP contribution in [0, 0.1) is 6.92 Å². The molecule has 0 radical (unpaired) electrons. The lowest BCUT2D eigenvalue weighted by atomic mass is 10.2. The molecule has 13 heavy (non-hydrogen) atoms. The summed E-state index contributed by atoms with van der Waals surface area (Å²) in [6, 6.07) is 4.58. The maximum Gasteiger partial charge on any atom is 0.573 e. The standard InChI is InChI=1S/C8H7F3OS/c1-5-3-2-4-6(13)7(5)12-8(9,10)11/h2-4,13H,1H3. The van der Waals surface area contributed by atoms with Gasteiger partial charge in [-0.2, -0.15) is 0 Å². The first-order valence-corrected chi connectivity index (χ1v) is 3.89. The van der Waals surface area contributed by atoms with Gasteiger partial charge in [-0.1, -0.05) is 12.1 Å². The monoisotopic (exact) mass is 208 g/mol. The number of rotatable bonds is 1. The van der Waals surface area contributed by atoms with Gasteiger partial charge in [0.25, 0.3) is 0 Å². The highest BCUT2D eigenvalue weighted by Crippen LogP contribution is 2.31. The second-order valence-electron chi connectivity index (χ2n) is 2.47. The third kappa shape index (κ3) is 2.84. The van der Waals surface area contributed by atoms with E-state index in [1.807, 2.05) is 0 Å². The van der Waals surface area contributed by atoms with E-state index in [2.05, 4.69) is 17.4 Å². The highest BCUT2D eigenvalue weighted by atomic mass is 32.1. The summed E-state index contributed by atoms with van der Waals surface area (Å²) in [5.74, 6) is -0.238. The SMILES string of the molecule is Cc1cccc(S)c1OC(F)(F)F. The van der Waals surface area contributed by atoms with Crippen molar-refractivity contribution in [3.63, 3.8) is 0 Å². The molecule has 1 rings (SSSR count). The summed E-state index contributed by atoms with van der Waals surface area (Å²) >= 11 is 3.85.